The molecule has 0 aliphatic carbocycles. The summed E-state index contributed by atoms with van der Waals surface area (Å²) in [7, 11) is 2.23. The molecule has 1 aromatic heterocycles. The fourth-order valence-corrected chi connectivity index (χ4v) is 3.77. The van der Waals surface area contributed by atoms with Gasteiger partial charge in [-0.15, -0.1) is 11.3 Å². The minimum absolute atomic E-state index is 0.251. The van der Waals surface area contributed by atoms with Crippen LogP contribution in [0.15, 0.2) is 11.4 Å². The molecule has 1 N–H and O–H groups in total. The minimum atomic E-state index is 0.251. The number of likely N-dealkylation sites (tertiary alicyclic amines) is 1. The Balaban J connectivity index is 1.93. The van der Waals surface area contributed by atoms with Crippen molar-refractivity contribution in [3.63, 3.8) is 0 Å². The van der Waals surface area contributed by atoms with E-state index >= 15 is 0 Å². The van der Waals surface area contributed by atoms with Crippen molar-refractivity contribution in [2.24, 2.45) is 0 Å². The molecule has 3 nitrogen and oxygen atoms in total. The molecule has 0 radical (unpaired) electrons. The molecule has 1 unspecified atom stereocenters. The van der Waals surface area contributed by atoms with Crippen LogP contribution in [0.5, 0.6) is 0 Å². The van der Waals surface area contributed by atoms with E-state index in [0.717, 1.165) is 19.6 Å². The number of aliphatic hydroxyl groups excluding tert-OH is 1. The molecule has 1 aliphatic heterocycles. The van der Waals surface area contributed by atoms with Gasteiger partial charge in [0.05, 0.1) is 6.61 Å². The lowest BCUT2D eigenvalue weighted by atomic mass is 10.0. The smallest absolute Gasteiger partial charge is 0.0558 e. The van der Waals surface area contributed by atoms with Crippen LogP contribution in [0.2, 0.25) is 0 Å². The lowest BCUT2D eigenvalue weighted by Gasteiger charge is -2.36. The van der Waals surface area contributed by atoms with Crippen molar-refractivity contribution in [1.82, 2.24) is 9.80 Å². The second kappa shape index (κ2) is 7.39. The Morgan fingerprint density at radius 3 is 2.95 bits per heavy atom. The first kappa shape index (κ1) is 15.0. The molecule has 2 heterocycles. The zero-order valence-corrected chi connectivity index (χ0v) is 13.0. The van der Waals surface area contributed by atoms with Crippen LogP contribution in [0.1, 0.15) is 29.7 Å². The SMILES string of the molecule is Cc1ccsc1CN(CCO)CC1CCCCN1C. The highest BCUT2D eigenvalue weighted by Gasteiger charge is 2.21. The third-order valence-electron chi connectivity index (χ3n) is 4.14. The Morgan fingerprint density at radius 1 is 1.47 bits per heavy atom. The number of nitrogens with zero attached hydrogens (tertiary/aromatic N) is 2. The van der Waals surface area contributed by atoms with Crippen LogP contribution < -0.4 is 0 Å². The van der Waals surface area contributed by atoms with E-state index in [9.17, 15) is 5.11 Å². The molecule has 1 saturated heterocycles. The lowest BCUT2D eigenvalue weighted by molar-refractivity contribution is 0.110. The molecule has 0 aromatic carbocycles. The molecule has 1 aromatic rings. The van der Waals surface area contributed by atoms with Crippen molar-refractivity contribution < 1.29 is 5.11 Å². The van der Waals surface area contributed by atoms with Gasteiger partial charge in [-0.3, -0.25) is 4.90 Å². The topological polar surface area (TPSA) is 26.7 Å². The van der Waals surface area contributed by atoms with Gasteiger partial charge in [-0.1, -0.05) is 6.42 Å². The van der Waals surface area contributed by atoms with Crippen LogP contribution in [0, 0.1) is 6.92 Å². The zero-order chi connectivity index (χ0) is 13.7. The summed E-state index contributed by atoms with van der Waals surface area (Å²) in [6.07, 6.45) is 3.97. The Bertz CT molecular complexity index is 380. The van der Waals surface area contributed by atoms with Crippen molar-refractivity contribution in [2.75, 3.05) is 33.3 Å². The fourth-order valence-electron chi connectivity index (χ4n) is 2.82. The van der Waals surface area contributed by atoms with E-state index in [1.807, 2.05) is 11.3 Å². The van der Waals surface area contributed by atoms with Crippen LogP contribution in [0.25, 0.3) is 0 Å². The van der Waals surface area contributed by atoms with E-state index in [4.69, 9.17) is 0 Å². The molecule has 0 saturated carbocycles. The van der Waals surface area contributed by atoms with Gasteiger partial charge in [0.2, 0.25) is 0 Å². The van der Waals surface area contributed by atoms with E-state index in [1.165, 1.54) is 36.2 Å². The fraction of sp³-hybridized carbons (Fsp3) is 0.733. The monoisotopic (exact) mass is 282 g/mol. The Morgan fingerprint density at radius 2 is 2.32 bits per heavy atom. The van der Waals surface area contributed by atoms with Crippen molar-refractivity contribution >= 4 is 11.3 Å². The Labute approximate surface area is 120 Å². The van der Waals surface area contributed by atoms with E-state index in [1.54, 1.807) is 0 Å². The maximum Gasteiger partial charge on any atom is 0.0558 e. The minimum Gasteiger partial charge on any atom is -0.395 e. The number of aryl methyl sites for hydroxylation is 1. The number of thiophene rings is 1. The second-order valence-electron chi connectivity index (χ2n) is 5.62. The van der Waals surface area contributed by atoms with Crippen LogP contribution in [0.3, 0.4) is 0 Å². The number of hydrogen-bond acceptors (Lipinski definition) is 4. The van der Waals surface area contributed by atoms with Crippen molar-refractivity contribution in [2.45, 2.75) is 38.8 Å². The van der Waals surface area contributed by atoms with Gasteiger partial charge in [0.1, 0.15) is 0 Å². The van der Waals surface area contributed by atoms with E-state index in [2.05, 4.69) is 35.2 Å². The molecule has 1 atom stereocenters. The van der Waals surface area contributed by atoms with Gasteiger partial charge in [-0.2, -0.15) is 0 Å². The molecular formula is C15H26N2OS. The summed E-state index contributed by atoms with van der Waals surface area (Å²) in [5.41, 5.74) is 1.38. The predicted octanol–water partition coefficient (Wildman–Crippen LogP) is 2.34. The molecule has 1 aliphatic rings. The number of aliphatic hydroxyl groups is 1. The first-order chi connectivity index (χ1) is 9.20. The van der Waals surface area contributed by atoms with Gasteiger partial charge in [-0.05, 0) is 50.4 Å². The van der Waals surface area contributed by atoms with E-state index < -0.39 is 0 Å². The van der Waals surface area contributed by atoms with Gasteiger partial charge in [-0.25, -0.2) is 0 Å². The maximum atomic E-state index is 9.28. The van der Waals surface area contributed by atoms with Crippen LogP contribution >= 0.6 is 11.3 Å². The molecule has 0 amide bonds. The standard InChI is InChI=1S/C15H26N2OS/c1-13-6-10-19-15(13)12-17(8-9-18)11-14-5-3-4-7-16(14)2/h6,10,14,18H,3-5,7-9,11-12H2,1-2H3. The van der Waals surface area contributed by atoms with Gasteiger partial charge >= 0.3 is 0 Å². The van der Waals surface area contributed by atoms with Gasteiger partial charge < -0.3 is 10.0 Å². The number of piperidine rings is 1. The zero-order valence-electron chi connectivity index (χ0n) is 12.1. The highest BCUT2D eigenvalue weighted by molar-refractivity contribution is 7.10. The molecular weight excluding hydrogens is 256 g/mol. The third kappa shape index (κ3) is 4.28. The number of hydrogen-bond donors (Lipinski definition) is 1. The van der Waals surface area contributed by atoms with E-state index in [-0.39, 0.29) is 6.61 Å². The summed E-state index contributed by atoms with van der Waals surface area (Å²) in [6, 6.07) is 2.84. The largest absolute Gasteiger partial charge is 0.395 e. The summed E-state index contributed by atoms with van der Waals surface area (Å²) in [6.45, 7) is 6.48. The molecule has 2 rings (SSSR count). The highest BCUT2D eigenvalue weighted by Crippen LogP contribution is 2.20. The molecule has 19 heavy (non-hydrogen) atoms. The Kier molecular flexibility index (Phi) is 5.82. The van der Waals surface area contributed by atoms with Crippen molar-refractivity contribution in [3.05, 3.63) is 21.9 Å². The van der Waals surface area contributed by atoms with Crippen LogP contribution in [-0.4, -0.2) is 54.2 Å². The van der Waals surface area contributed by atoms with Gasteiger partial charge in [0.25, 0.3) is 0 Å². The summed E-state index contributed by atoms with van der Waals surface area (Å²) in [5, 5.41) is 11.4. The predicted molar refractivity (Wildman–Crippen MR) is 81.7 cm³/mol. The van der Waals surface area contributed by atoms with Crippen molar-refractivity contribution in [3.8, 4) is 0 Å². The first-order valence-electron chi connectivity index (χ1n) is 7.27. The quantitative estimate of drug-likeness (QED) is 0.867. The van der Waals surface area contributed by atoms with Crippen molar-refractivity contribution in [1.29, 1.82) is 0 Å². The highest BCUT2D eigenvalue weighted by atomic mass is 32.1. The van der Waals surface area contributed by atoms with Gasteiger partial charge in [0.15, 0.2) is 0 Å². The summed E-state index contributed by atoms with van der Waals surface area (Å²) < 4.78 is 0. The normalized spacial score (nSPS) is 21.2. The number of likely N-dealkylation sites (N-methyl/N-ethyl adjacent to an activating group) is 1. The maximum absolute atomic E-state index is 9.28. The second-order valence-corrected chi connectivity index (χ2v) is 6.62. The number of rotatable bonds is 6. The molecule has 108 valence electrons. The Hall–Kier alpha value is -0.420. The summed E-state index contributed by atoms with van der Waals surface area (Å²) >= 11 is 1.83. The third-order valence-corrected chi connectivity index (χ3v) is 5.15. The first-order valence-corrected chi connectivity index (χ1v) is 8.15. The van der Waals surface area contributed by atoms with E-state index in [0.29, 0.717) is 6.04 Å². The summed E-state index contributed by atoms with van der Waals surface area (Å²) in [4.78, 5) is 6.33. The average molecular weight is 282 g/mol. The van der Waals surface area contributed by atoms with Crippen LogP contribution in [0.4, 0.5) is 0 Å². The van der Waals surface area contributed by atoms with Gasteiger partial charge in [0, 0.05) is 30.6 Å². The molecule has 0 bridgehead atoms. The molecule has 1 fully saturated rings. The molecule has 4 heteroatoms. The average Bonchev–Trinajstić information content (AvgIpc) is 2.78. The summed E-state index contributed by atoms with van der Waals surface area (Å²) in [5.74, 6) is 0. The molecule has 0 spiro atoms. The van der Waals surface area contributed by atoms with Crippen LogP contribution in [-0.2, 0) is 6.54 Å². The lowest BCUT2D eigenvalue weighted by Crippen LogP contribution is -2.45.